The number of rotatable bonds is 5. The molecule has 154 valence electrons. The number of anilines is 2. The van der Waals surface area contributed by atoms with Crippen LogP contribution in [0.3, 0.4) is 0 Å². The lowest BCUT2D eigenvalue weighted by molar-refractivity contribution is 0.0623. The average molecular weight is 422 g/mol. The van der Waals surface area contributed by atoms with Crippen LogP contribution in [-0.2, 0) is 6.54 Å². The number of urea groups is 1. The van der Waals surface area contributed by atoms with Gasteiger partial charge in [-0.15, -0.1) is 11.3 Å². The van der Waals surface area contributed by atoms with E-state index in [1.54, 1.807) is 17.5 Å². The van der Waals surface area contributed by atoms with Gasteiger partial charge in [0.2, 0.25) is 0 Å². The number of piperazine rings is 1. The fraction of sp³-hybridized carbons (Fsp3) is 0.227. The van der Waals surface area contributed by atoms with Crippen molar-refractivity contribution in [1.82, 2.24) is 14.8 Å². The van der Waals surface area contributed by atoms with Crippen LogP contribution in [0, 0.1) is 0 Å². The highest BCUT2D eigenvalue weighted by molar-refractivity contribution is 7.14. The van der Waals surface area contributed by atoms with Crippen molar-refractivity contribution in [3.05, 3.63) is 77.3 Å². The van der Waals surface area contributed by atoms with Crippen LogP contribution in [0.5, 0.6) is 0 Å². The van der Waals surface area contributed by atoms with Crippen molar-refractivity contribution in [2.45, 2.75) is 6.54 Å². The molecule has 1 fully saturated rings. The Morgan fingerprint density at radius 2 is 1.57 bits per heavy atom. The molecule has 0 spiro atoms. The van der Waals surface area contributed by atoms with E-state index in [-0.39, 0.29) is 11.9 Å². The number of aromatic nitrogens is 1. The monoisotopic (exact) mass is 421 g/mol. The van der Waals surface area contributed by atoms with Crippen LogP contribution in [0.25, 0.3) is 0 Å². The van der Waals surface area contributed by atoms with Gasteiger partial charge < -0.3 is 10.2 Å². The Bertz CT molecular complexity index is 985. The van der Waals surface area contributed by atoms with Gasteiger partial charge in [0.1, 0.15) is 5.69 Å². The molecule has 2 heterocycles. The van der Waals surface area contributed by atoms with E-state index in [1.165, 1.54) is 16.9 Å². The Morgan fingerprint density at radius 1 is 0.900 bits per heavy atom. The van der Waals surface area contributed by atoms with Crippen molar-refractivity contribution in [1.29, 1.82) is 0 Å². The maximum atomic E-state index is 12.8. The van der Waals surface area contributed by atoms with Gasteiger partial charge >= 0.3 is 6.03 Å². The first-order chi connectivity index (χ1) is 14.7. The Hall–Kier alpha value is -3.23. The van der Waals surface area contributed by atoms with Gasteiger partial charge in [0.05, 0.1) is 0 Å². The Labute approximate surface area is 179 Å². The van der Waals surface area contributed by atoms with Gasteiger partial charge in [0, 0.05) is 43.8 Å². The van der Waals surface area contributed by atoms with Gasteiger partial charge in [-0.2, -0.15) is 0 Å². The molecule has 1 aromatic heterocycles. The molecule has 1 aliphatic rings. The fourth-order valence-electron chi connectivity index (χ4n) is 3.32. The van der Waals surface area contributed by atoms with Crippen molar-refractivity contribution in [3.8, 4) is 0 Å². The minimum absolute atomic E-state index is 0.0953. The number of hydrogen-bond acceptors (Lipinski definition) is 5. The van der Waals surface area contributed by atoms with Gasteiger partial charge in [0.25, 0.3) is 5.91 Å². The van der Waals surface area contributed by atoms with Gasteiger partial charge in [-0.25, -0.2) is 9.78 Å². The predicted molar refractivity (Wildman–Crippen MR) is 119 cm³/mol. The van der Waals surface area contributed by atoms with Gasteiger partial charge in [-0.3, -0.25) is 15.0 Å². The predicted octanol–water partition coefficient (Wildman–Crippen LogP) is 3.75. The Morgan fingerprint density at radius 3 is 2.27 bits per heavy atom. The summed E-state index contributed by atoms with van der Waals surface area (Å²) in [4.78, 5) is 33.3. The molecule has 7 nitrogen and oxygen atoms in total. The summed E-state index contributed by atoms with van der Waals surface area (Å²) in [7, 11) is 0. The van der Waals surface area contributed by atoms with Crippen LogP contribution in [0.2, 0.25) is 0 Å². The number of nitrogens with zero attached hydrogens (tertiary/aromatic N) is 3. The normalized spacial score (nSPS) is 14.3. The van der Waals surface area contributed by atoms with E-state index < -0.39 is 0 Å². The highest BCUT2D eigenvalue weighted by Gasteiger charge is 2.24. The number of hydrogen-bond donors (Lipinski definition) is 2. The molecule has 3 aromatic rings. The summed E-state index contributed by atoms with van der Waals surface area (Å²) in [6.07, 6.45) is 0. The molecule has 1 aliphatic heterocycles. The molecular weight excluding hydrogens is 398 g/mol. The summed E-state index contributed by atoms with van der Waals surface area (Å²) < 4.78 is 0. The second-order valence-corrected chi connectivity index (χ2v) is 7.90. The van der Waals surface area contributed by atoms with Crippen molar-refractivity contribution in [3.63, 3.8) is 0 Å². The van der Waals surface area contributed by atoms with Gasteiger partial charge in [-0.1, -0.05) is 48.5 Å². The van der Waals surface area contributed by atoms with Crippen LogP contribution < -0.4 is 10.6 Å². The molecule has 0 aliphatic carbocycles. The molecule has 0 radical (unpaired) electrons. The van der Waals surface area contributed by atoms with Crippen molar-refractivity contribution >= 4 is 34.1 Å². The molecule has 2 N–H and O–H groups in total. The van der Waals surface area contributed by atoms with E-state index in [9.17, 15) is 9.59 Å². The highest BCUT2D eigenvalue weighted by Crippen LogP contribution is 2.18. The first-order valence-electron chi connectivity index (χ1n) is 9.81. The van der Waals surface area contributed by atoms with E-state index >= 15 is 0 Å². The minimum Gasteiger partial charge on any atom is -0.335 e. The highest BCUT2D eigenvalue weighted by atomic mass is 32.1. The molecule has 0 bridgehead atoms. The van der Waals surface area contributed by atoms with E-state index in [0.29, 0.717) is 29.6 Å². The standard InChI is InChI=1S/C22H23N5O2S/c28-20(27-13-11-26(12-14-27)15-17-7-3-1-4-8-17)19-16-30-22(24-19)25-21(29)23-18-9-5-2-6-10-18/h1-10,16H,11-15H2,(H2,23,24,25,29). The third-order valence-corrected chi connectivity index (χ3v) is 5.64. The van der Waals surface area contributed by atoms with Gasteiger partial charge in [0.15, 0.2) is 5.13 Å². The number of amides is 3. The average Bonchev–Trinajstić information content (AvgIpc) is 3.23. The molecule has 0 atom stereocenters. The zero-order valence-corrected chi connectivity index (χ0v) is 17.3. The number of nitrogens with one attached hydrogen (secondary N) is 2. The van der Waals surface area contributed by atoms with Crippen molar-refractivity contribution in [2.75, 3.05) is 36.8 Å². The molecule has 2 aromatic carbocycles. The Kier molecular flexibility index (Phi) is 6.36. The largest absolute Gasteiger partial charge is 0.335 e. The summed E-state index contributed by atoms with van der Waals surface area (Å²) in [5, 5.41) is 7.50. The minimum atomic E-state index is -0.385. The molecular formula is C22H23N5O2S. The lowest BCUT2D eigenvalue weighted by Crippen LogP contribution is -2.48. The summed E-state index contributed by atoms with van der Waals surface area (Å²) in [6, 6.07) is 19.1. The van der Waals surface area contributed by atoms with E-state index in [1.807, 2.05) is 41.3 Å². The molecule has 4 rings (SSSR count). The number of thiazole rings is 1. The summed E-state index contributed by atoms with van der Waals surface area (Å²) in [5.74, 6) is -0.0953. The molecule has 0 unspecified atom stereocenters. The smallest absolute Gasteiger partial charge is 0.325 e. The molecule has 8 heteroatoms. The van der Waals surface area contributed by atoms with Crippen LogP contribution >= 0.6 is 11.3 Å². The third kappa shape index (κ3) is 5.22. The SMILES string of the molecule is O=C(Nc1ccccc1)Nc1nc(C(=O)N2CCN(Cc3ccccc3)CC2)cs1. The van der Waals surface area contributed by atoms with Crippen molar-refractivity contribution < 1.29 is 9.59 Å². The van der Waals surface area contributed by atoms with Crippen molar-refractivity contribution in [2.24, 2.45) is 0 Å². The molecule has 30 heavy (non-hydrogen) atoms. The number of carbonyl (C=O) groups excluding carboxylic acids is 2. The summed E-state index contributed by atoms with van der Waals surface area (Å²) in [5.41, 5.74) is 2.34. The van der Waals surface area contributed by atoms with E-state index in [4.69, 9.17) is 0 Å². The summed E-state index contributed by atoms with van der Waals surface area (Å²) >= 11 is 1.24. The number of carbonyl (C=O) groups is 2. The first kappa shape index (κ1) is 20.1. The van der Waals surface area contributed by atoms with Crippen LogP contribution in [0.15, 0.2) is 66.0 Å². The fourth-order valence-corrected chi connectivity index (χ4v) is 4.00. The number of para-hydroxylation sites is 1. The van der Waals surface area contributed by atoms with Gasteiger partial charge in [-0.05, 0) is 17.7 Å². The Balaban J connectivity index is 1.27. The third-order valence-electron chi connectivity index (χ3n) is 4.88. The molecule has 0 saturated carbocycles. The van der Waals surface area contributed by atoms with Crippen LogP contribution in [0.1, 0.15) is 16.1 Å². The second-order valence-electron chi connectivity index (χ2n) is 7.04. The zero-order chi connectivity index (χ0) is 20.8. The first-order valence-corrected chi connectivity index (χ1v) is 10.7. The molecule has 3 amide bonds. The van der Waals surface area contributed by atoms with Crippen LogP contribution in [-0.4, -0.2) is 52.9 Å². The quantitative estimate of drug-likeness (QED) is 0.658. The van der Waals surface area contributed by atoms with Crippen LogP contribution in [0.4, 0.5) is 15.6 Å². The maximum absolute atomic E-state index is 12.8. The zero-order valence-electron chi connectivity index (χ0n) is 16.5. The second kappa shape index (κ2) is 9.51. The topological polar surface area (TPSA) is 77.6 Å². The lowest BCUT2D eigenvalue weighted by Gasteiger charge is -2.34. The van der Waals surface area contributed by atoms with E-state index in [0.717, 1.165) is 19.6 Å². The summed E-state index contributed by atoms with van der Waals surface area (Å²) in [6.45, 7) is 3.88. The lowest BCUT2D eigenvalue weighted by atomic mass is 10.2. The van der Waals surface area contributed by atoms with E-state index in [2.05, 4.69) is 32.7 Å². The number of benzene rings is 2. The maximum Gasteiger partial charge on any atom is 0.325 e. The molecule has 1 saturated heterocycles.